The van der Waals surface area contributed by atoms with Crippen LogP contribution in [0.2, 0.25) is 0 Å². The number of hydrogen-bond donors (Lipinski definition) is 2. The summed E-state index contributed by atoms with van der Waals surface area (Å²) >= 11 is 0. The summed E-state index contributed by atoms with van der Waals surface area (Å²) in [4.78, 5) is 3.17. The first-order chi connectivity index (χ1) is 15.4. The molecular formula is C23H22F3NO5S. The molecule has 2 N–H and O–H groups in total. The van der Waals surface area contributed by atoms with Crippen LogP contribution in [-0.4, -0.2) is 35.3 Å². The lowest BCUT2D eigenvalue weighted by atomic mass is 10.0. The van der Waals surface area contributed by atoms with Crippen LogP contribution in [0.15, 0.2) is 71.9 Å². The molecule has 2 unspecified atom stereocenters. The van der Waals surface area contributed by atoms with Crippen LogP contribution in [0.1, 0.15) is 24.5 Å². The first-order valence-electron chi connectivity index (χ1n) is 9.97. The maximum absolute atomic E-state index is 13.2. The number of ether oxygens (including phenoxy) is 1. The molecule has 0 aliphatic heterocycles. The topological polar surface area (TPSA) is 96.7 Å². The lowest BCUT2D eigenvalue weighted by molar-refractivity contribution is -0.137. The Morgan fingerprint density at radius 3 is 2.33 bits per heavy atom. The van der Waals surface area contributed by atoms with E-state index in [4.69, 9.17) is 4.74 Å². The molecule has 0 spiro atoms. The van der Waals surface area contributed by atoms with Crippen molar-refractivity contribution in [2.75, 3.05) is 0 Å². The second kappa shape index (κ2) is 9.90. The number of nitrogens with zero attached hydrogens (tertiary/aromatic N) is 1. The maximum atomic E-state index is 13.2. The predicted octanol–water partition coefficient (Wildman–Crippen LogP) is 4.78. The molecule has 0 saturated carbocycles. The summed E-state index contributed by atoms with van der Waals surface area (Å²) in [6.45, 7) is 1.70. The molecule has 2 aromatic carbocycles. The zero-order valence-electron chi connectivity index (χ0n) is 17.5. The van der Waals surface area contributed by atoms with E-state index in [9.17, 15) is 31.2 Å². The highest BCUT2D eigenvalue weighted by Gasteiger charge is 2.32. The van der Waals surface area contributed by atoms with Crippen LogP contribution >= 0.6 is 0 Å². The molecule has 176 valence electrons. The Morgan fingerprint density at radius 1 is 1.06 bits per heavy atom. The first kappa shape index (κ1) is 24.7. The number of halogens is 3. The van der Waals surface area contributed by atoms with Crippen molar-refractivity contribution in [2.24, 2.45) is 0 Å². The molecule has 0 bridgehead atoms. The van der Waals surface area contributed by atoms with Crippen LogP contribution in [0.4, 0.5) is 13.2 Å². The number of alkyl halides is 3. The highest BCUT2D eigenvalue weighted by Crippen LogP contribution is 2.35. The second-order valence-electron chi connectivity index (χ2n) is 7.53. The molecule has 1 heterocycles. The van der Waals surface area contributed by atoms with Crippen molar-refractivity contribution in [2.45, 2.75) is 43.0 Å². The van der Waals surface area contributed by atoms with E-state index in [1.807, 2.05) is 12.1 Å². The number of aliphatic hydroxyl groups is 1. The summed E-state index contributed by atoms with van der Waals surface area (Å²) < 4.78 is 77.3. The quantitative estimate of drug-likeness (QED) is 0.450. The maximum Gasteiger partial charge on any atom is 0.416 e. The number of aryl methyl sites for hydroxylation is 1. The summed E-state index contributed by atoms with van der Waals surface area (Å²) in [5, 5.41) is 10.4. The minimum atomic E-state index is -4.83. The van der Waals surface area contributed by atoms with Gasteiger partial charge in [-0.1, -0.05) is 18.2 Å². The van der Waals surface area contributed by atoms with Gasteiger partial charge in [0.15, 0.2) is 0 Å². The molecule has 3 rings (SSSR count). The molecule has 6 nitrogen and oxygen atoms in total. The van der Waals surface area contributed by atoms with Crippen molar-refractivity contribution < 1.29 is 36.0 Å². The summed E-state index contributed by atoms with van der Waals surface area (Å²) in [5.74, 6) is 0.383. The Hall–Kier alpha value is -2.95. The Balaban J connectivity index is 1.73. The standard InChI is InChI=1S/C23H22F3NO5S/c1-15(22(28)9-4-16-3-2-10-27-14-16)32-20-7-5-17(6-8-20)18-11-19(23(24,25)26)13-21(12-18)33(29,30)31/h2-3,5-8,10-15,22,28H,4,9H2,1H3,(H,29,30,31). The normalized spacial score (nSPS) is 14.0. The lowest BCUT2D eigenvalue weighted by Crippen LogP contribution is -2.29. The smallest absolute Gasteiger partial charge is 0.416 e. The van der Waals surface area contributed by atoms with Gasteiger partial charge < -0.3 is 9.84 Å². The van der Waals surface area contributed by atoms with Gasteiger partial charge in [0.25, 0.3) is 10.1 Å². The van der Waals surface area contributed by atoms with Crippen LogP contribution in [0.25, 0.3) is 11.1 Å². The molecule has 10 heteroatoms. The van der Waals surface area contributed by atoms with Gasteiger partial charge in [0, 0.05) is 12.4 Å². The molecule has 2 atom stereocenters. The van der Waals surface area contributed by atoms with Gasteiger partial charge in [0.05, 0.1) is 16.6 Å². The number of pyridine rings is 1. The van der Waals surface area contributed by atoms with Crippen molar-refractivity contribution in [3.05, 3.63) is 78.1 Å². The fourth-order valence-electron chi connectivity index (χ4n) is 3.19. The molecule has 0 saturated heterocycles. The van der Waals surface area contributed by atoms with Gasteiger partial charge in [0.2, 0.25) is 0 Å². The van der Waals surface area contributed by atoms with Crippen LogP contribution in [-0.2, 0) is 22.7 Å². The highest BCUT2D eigenvalue weighted by atomic mass is 32.2. The van der Waals surface area contributed by atoms with E-state index >= 15 is 0 Å². The molecule has 0 radical (unpaired) electrons. The minimum absolute atomic E-state index is 0.0337. The zero-order chi connectivity index (χ0) is 24.2. The van der Waals surface area contributed by atoms with E-state index in [1.165, 1.54) is 24.3 Å². The fraction of sp³-hybridized carbons (Fsp3) is 0.261. The SMILES string of the molecule is CC(Oc1ccc(-c2cc(C(F)(F)F)cc(S(=O)(=O)O)c2)cc1)C(O)CCc1cccnc1. The summed E-state index contributed by atoms with van der Waals surface area (Å²) in [7, 11) is -4.83. The van der Waals surface area contributed by atoms with Gasteiger partial charge in [-0.05, 0) is 72.9 Å². The summed E-state index contributed by atoms with van der Waals surface area (Å²) in [6, 6.07) is 11.8. The Bertz CT molecular complexity index is 1180. The minimum Gasteiger partial charge on any atom is -0.488 e. The van der Waals surface area contributed by atoms with Crippen molar-refractivity contribution in [3.8, 4) is 16.9 Å². The molecule has 0 aliphatic rings. The van der Waals surface area contributed by atoms with Crippen molar-refractivity contribution in [1.82, 2.24) is 4.98 Å². The highest BCUT2D eigenvalue weighted by molar-refractivity contribution is 7.85. The lowest BCUT2D eigenvalue weighted by Gasteiger charge is -2.21. The third kappa shape index (κ3) is 6.77. The molecule has 1 aromatic heterocycles. The molecule has 0 fully saturated rings. The van der Waals surface area contributed by atoms with Crippen LogP contribution < -0.4 is 4.74 Å². The molecule has 3 aromatic rings. The van der Waals surface area contributed by atoms with E-state index in [0.717, 1.165) is 17.7 Å². The van der Waals surface area contributed by atoms with Gasteiger partial charge in [-0.25, -0.2) is 0 Å². The predicted molar refractivity (Wildman–Crippen MR) is 115 cm³/mol. The Kier molecular flexibility index (Phi) is 7.41. The van der Waals surface area contributed by atoms with Crippen molar-refractivity contribution >= 4 is 10.1 Å². The molecule has 33 heavy (non-hydrogen) atoms. The van der Waals surface area contributed by atoms with Crippen molar-refractivity contribution in [3.63, 3.8) is 0 Å². The van der Waals surface area contributed by atoms with Crippen LogP contribution in [0.5, 0.6) is 5.75 Å². The van der Waals surface area contributed by atoms with Gasteiger partial charge >= 0.3 is 6.18 Å². The van der Waals surface area contributed by atoms with Crippen molar-refractivity contribution in [1.29, 1.82) is 0 Å². The monoisotopic (exact) mass is 481 g/mol. The van der Waals surface area contributed by atoms with E-state index in [0.29, 0.717) is 30.2 Å². The number of aliphatic hydroxyl groups excluding tert-OH is 1. The van der Waals surface area contributed by atoms with Gasteiger partial charge in [-0.2, -0.15) is 21.6 Å². The van der Waals surface area contributed by atoms with Crippen LogP contribution in [0, 0.1) is 0 Å². The third-order valence-corrected chi connectivity index (χ3v) is 5.87. The van der Waals surface area contributed by atoms with E-state index in [2.05, 4.69) is 4.98 Å². The Morgan fingerprint density at radius 2 is 1.76 bits per heavy atom. The van der Waals surface area contributed by atoms with E-state index < -0.39 is 39.0 Å². The number of aromatic nitrogens is 1. The summed E-state index contributed by atoms with van der Waals surface area (Å²) in [5.41, 5.74) is 0.0495. The molecular weight excluding hydrogens is 459 g/mol. The van der Waals surface area contributed by atoms with Crippen LogP contribution in [0.3, 0.4) is 0 Å². The van der Waals surface area contributed by atoms with E-state index in [-0.39, 0.29) is 5.56 Å². The van der Waals surface area contributed by atoms with Gasteiger partial charge in [0.1, 0.15) is 11.9 Å². The zero-order valence-corrected chi connectivity index (χ0v) is 18.3. The average molecular weight is 481 g/mol. The third-order valence-electron chi connectivity index (χ3n) is 5.03. The van der Waals surface area contributed by atoms with Gasteiger partial charge in [-0.3, -0.25) is 9.54 Å². The number of rotatable bonds is 8. The fourth-order valence-corrected chi connectivity index (χ4v) is 3.74. The first-order valence-corrected chi connectivity index (χ1v) is 11.4. The molecule has 0 amide bonds. The molecule has 0 aliphatic carbocycles. The average Bonchev–Trinajstić information content (AvgIpc) is 2.77. The largest absolute Gasteiger partial charge is 0.488 e. The number of benzene rings is 2. The summed E-state index contributed by atoms with van der Waals surface area (Å²) in [6.07, 6.45) is -1.64. The number of hydrogen-bond acceptors (Lipinski definition) is 5. The second-order valence-corrected chi connectivity index (χ2v) is 8.96. The Labute approximate surface area is 189 Å². The van der Waals surface area contributed by atoms with Gasteiger partial charge in [-0.15, -0.1) is 0 Å². The van der Waals surface area contributed by atoms with E-state index in [1.54, 1.807) is 19.3 Å².